The van der Waals surface area contributed by atoms with Gasteiger partial charge in [0, 0.05) is 11.8 Å². The number of carbonyl (C=O) groups excluding carboxylic acids is 3. The molecule has 0 aromatic heterocycles. The highest BCUT2D eigenvalue weighted by atomic mass is 16.5. The van der Waals surface area contributed by atoms with Gasteiger partial charge in [0.15, 0.2) is 16.6 Å². The van der Waals surface area contributed by atoms with Crippen LogP contribution in [0.25, 0.3) is 21.9 Å². The highest BCUT2D eigenvalue weighted by Gasteiger charge is 2.77. The summed E-state index contributed by atoms with van der Waals surface area (Å²) in [6, 6.07) is 11.8. The summed E-state index contributed by atoms with van der Waals surface area (Å²) in [5.74, 6) is -2.38. The summed E-state index contributed by atoms with van der Waals surface area (Å²) < 4.78 is 11.2. The van der Waals surface area contributed by atoms with E-state index in [1.54, 1.807) is 13.8 Å². The Morgan fingerprint density at radius 3 is 1.79 bits per heavy atom. The first-order valence-corrected chi connectivity index (χ1v) is 11.6. The van der Waals surface area contributed by atoms with Crippen LogP contribution in [0.5, 0.6) is 0 Å². The number of hydrogen-bond acceptors (Lipinski definition) is 5. The Balaban J connectivity index is 1.79. The monoisotopic (exact) mass is 440 g/mol. The third-order valence-corrected chi connectivity index (χ3v) is 7.81. The van der Waals surface area contributed by atoms with Crippen molar-refractivity contribution in [1.29, 1.82) is 0 Å². The lowest BCUT2D eigenvalue weighted by atomic mass is 9.53. The van der Waals surface area contributed by atoms with E-state index in [2.05, 4.69) is 0 Å². The topological polar surface area (TPSA) is 69.7 Å². The molecule has 4 aliphatic rings. The predicted octanol–water partition coefficient (Wildman–Crippen LogP) is 4.51. The van der Waals surface area contributed by atoms with E-state index in [9.17, 15) is 14.4 Å². The molecule has 0 saturated heterocycles. The van der Waals surface area contributed by atoms with E-state index in [-0.39, 0.29) is 13.2 Å². The van der Waals surface area contributed by atoms with Crippen LogP contribution in [0.3, 0.4) is 0 Å². The van der Waals surface area contributed by atoms with E-state index in [0.717, 1.165) is 21.9 Å². The Hall–Kier alpha value is -3.47. The molecule has 6 rings (SSSR count). The van der Waals surface area contributed by atoms with Gasteiger partial charge in [-0.3, -0.25) is 14.4 Å². The largest absolute Gasteiger partial charge is 0.465 e. The number of fused-ring (bicyclic) bond motifs is 10. The van der Waals surface area contributed by atoms with Gasteiger partial charge in [0.25, 0.3) is 0 Å². The van der Waals surface area contributed by atoms with Gasteiger partial charge in [-0.1, -0.05) is 60.7 Å². The summed E-state index contributed by atoms with van der Waals surface area (Å²) in [5.41, 5.74) is -0.199. The molecule has 0 amide bonds. The molecule has 0 heterocycles. The van der Waals surface area contributed by atoms with Crippen LogP contribution in [0.15, 0.2) is 60.7 Å². The van der Waals surface area contributed by atoms with Crippen LogP contribution in [0.2, 0.25) is 0 Å². The molecular formula is C28H24O5. The quantitative estimate of drug-likeness (QED) is 0.517. The standard InChI is InChI=1S/C28H24O5/c1-3-32-25(30)27-17-11-5-6-12-18(15-17)28(24(27)29,26(31)33-4-2)23-20-14-8-10-16-9-7-13-19(21(16)20)22(23)27/h5-14,17-18H,3-4,15H2,1-2H3/t17-,18+,27-,28+. The van der Waals surface area contributed by atoms with Gasteiger partial charge in [-0.15, -0.1) is 0 Å². The van der Waals surface area contributed by atoms with Crippen LogP contribution >= 0.6 is 0 Å². The first-order valence-electron chi connectivity index (χ1n) is 11.6. The van der Waals surface area contributed by atoms with Crippen molar-refractivity contribution in [2.45, 2.75) is 20.3 Å². The summed E-state index contributed by atoms with van der Waals surface area (Å²) >= 11 is 0. The second-order valence-electron chi connectivity index (χ2n) is 9.06. The normalized spacial score (nSPS) is 30.4. The Morgan fingerprint density at radius 1 is 0.848 bits per heavy atom. The molecule has 1 saturated carbocycles. The van der Waals surface area contributed by atoms with Gasteiger partial charge in [0.2, 0.25) is 0 Å². The molecule has 33 heavy (non-hydrogen) atoms. The molecule has 0 radical (unpaired) electrons. The van der Waals surface area contributed by atoms with Gasteiger partial charge in [-0.25, -0.2) is 0 Å². The number of ether oxygens (including phenoxy) is 2. The fourth-order valence-corrected chi connectivity index (χ4v) is 6.74. The van der Waals surface area contributed by atoms with E-state index < -0.39 is 40.4 Å². The molecule has 5 nitrogen and oxygen atoms in total. The van der Waals surface area contributed by atoms with Gasteiger partial charge < -0.3 is 9.47 Å². The van der Waals surface area contributed by atoms with E-state index in [4.69, 9.17) is 9.47 Å². The van der Waals surface area contributed by atoms with E-state index in [1.165, 1.54) is 0 Å². The van der Waals surface area contributed by atoms with Crippen LogP contribution in [0.4, 0.5) is 0 Å². The first kappa shape index (κ1) is 20.2. The van der Waals surface area contributed by atoms with Crippen molar-refractivity contribution in [3.05, 3.63) is 71.8 Å². The van der Waals surface area contributed by atoms with E-state index >= 15 is 0 Å². The smallest absolute Gasteiger partial charge is 0.324 e. The Morgan fingerprint density at radius 2 is 1.33 bits per heavy atom. The van der Waals surface area contributed by atoms with Gasteiger partial charge in [-0.2, -0.15) is 0 Å². The van der Waals surface area contributed by atoms with Crippen LogP contribution in [0.1, 0.15) is 31.4 Å². The zero-order chi connectivity index (χ0) is 23.0. The molecule has 5 heteroatoms. The first-order chi connectivity index (χ1) is 16.0. The number of carbonyl (C=O) groups is 3. The average molecular weight is 440 g/mol. The van der Waals surface area contributed by atoms with Crippen LogP contribution in [-0.4, -0.2) is 30.9 Å². The molecule has 4 bridgehead atoms. The second-order valence-corrected chi connectivity index (χ2v) is 9.06. The number of rotatable bonds is 4. The zero-order valence-electron chi connectivity index (χ0n) is 18.6. The molecule has 0 N–H and O–H groups in total. The molecule has 1 fully saturated rings. The fourth-order valence-electron chi connectivity index (χ4n) is 6.74. The Labute approximate surface area is 191 Å². The fraction of sp³-hybridized carbons (Fsp3) is 0.321. The van der Waals surface area contributed by atoms with Crippen LogP contribution < -0.4 is 0 Å². The highest BCUT2D eigenvalue weighted by molar-refractivity contribution is 6.41. The minimum Gasteiger partial charge on any atom is -0.465 e. The van der Waals surface area contributed by atoms with Crippen molar-refractivity contribution in [3.63, 3.8) is 0 Å². The predicted molar refractivity (Wildman–Crippen MR) is 124 cm³/mol. The maximum atomic E-state index is 14.7. The number of esters is 2. The number of allylic oxidation sites excluding steroid dienone is 4. The minimum atomic E-state index is -1.58. The molecule has 0 unspecified atom stereocenters. The second kappa shape index (κ2) is 6.77. The number of Topliss-reactive ketones (excluding diaryl/α,β-unsaturated/α-hetero) is 1. The molecule has 2 aromatic carbocycles. The Kier molecular flexibility index (Phi) is 4.13. The van der Waals surface area contributed by atoms with Crippen molar-refractivity contribution >= 4 is 39.6 Å². The molecule has 166 valence electrons. The van der Waals surface area contributed by atoms with E-state index in [0.29, 0.717) is 17.6 Å². The van der Waals surface area contributed by atoms with Gasteiger partial charge >= 0.3 is 11.9 Å². The number of ketones is 1. The lowest BCUT2D eigenvalue weighted by Crippen LogP contribution is -2.58. The third-order valence-electron chi connectivity index (χ3n) is 7.81. The molecule has 4 atom stereocenters. The van der Waals surface area contributed by atoms with Gasteiger partial charge in [0.05, 0.1) is 13.2 Å². The maximum absolute atomic E-state index is 14.7. The van der Waals surface area contributed by atoms with Crippen molar-refractivity contribution in [2.75, 3.05) is 13.2 Å². The van der Waals surface area contributed by atoms with Crippen LogP contribution in [-0.2, 0) is 23.9 Å². The lowest BCUT2D eigenvalue weighted by molar-refractivity contribution is -0.170. The van der Waals surface area contributed by atoms with Crippen LogP contribution in [0, 0.1) is 22.7 Å². The van der Waals surface area contributed by atoms with Crippen molar-refractivity contribution in [2.24, 2.45) is 22.7 Å². The van der Waals surface area contributed by atoms with Gasteiger partial charge in [0.1, 0.15) is 0 Å². The average Bonchev–Trinajstić information content (AvgIpc) is 3.09. The van der Waals surface area contributed by atoms with E-state index in [1.807, 2.05) is 60.7 Å². The molecule has 0 spiro atoms. The summed E-state index contributed by atoms with van der Waals surface area (Å²) in [6.07, 6.45) is 8.10. The molecule has 0 aliphatic heterocycles. The lowest BCUT2D eigenvalue weighted by Gasteiger charge is -2.45. The van der Waals surface area contributed by atoms with Crippen molar-refractivity contribution in [3.8, 4) is 0 Å². The number of benzene rings is 2. The molecule has 4 aliphatic carbocycles. The van der Waals surface area contributed by atoms with Crippen molar-refractivity contribution < 1.29 is 23.9 Å². The summed E-state index contributed by atoms with van der Waals surface area (Å²) in [6.45, 7) is 3.78. The maximum Gasteiger partial charge on any atom is 0.324 e. The highest BCUT2D eigenvalue weighted by Crippen LogP contribution is 2.72. The SMILES string of the molecule is CCOC(=O)[C@@]12C(=O)[C@@](C(=O)OCC)(C3=C1c1cccc4cccc3c14)[C@H]1C=CC=C[C@@H]2C1. The molecular weight excluding hydrogens is 416 g/mol. The molecule has 2 aromatic rings. The number of hydrogen-bond donors (Lipinski definition) is 0. The third kappa shape index (κ3) is 2.11. The van der Waals surface area contributed by atoms with Crippen molar-refractivity contribution in [1.82, 2.24) is 0 Å². The van der Waals surface area contributed by atoms with Gasteiger partial charge in [-0.05, 0) is 53.3 Å². The minimum absolute atomic E-state index is 0.151. The Bertz CT molecular complexity index is 1250. The summed E-state index contributed by atoms with van der Waals surface area (Å²) in [5, 5.41) is 1.99. The summed E-state index contributed by atoms with van der Waals surface area (Å²) in [7, 11) is 0. The zero-order valence-corrected chi connectivity index (χ0v) is 18.6. The summed E-state index contributed by atoms with van der Waals surface area (Å²) in [4.78, 5) is 42.4.